The lowest BCUT2D eigenvalue weighted by Crippen LogP contribution is -2.49. The largest absolute Gasteiger partial charge is 0.368 e. The van der Waals surface area contributed by atoms with Crippen LogP contribution in [-0.2, 0) is 10.0 Å². The third-order valence-corrected chi connectivity index (χ3v) is 5.88. The first kappa shape index (κ1) is 17.8. The molecule has 0 bridgehead atoms. The number of piperazine rings is 1. The molecule has 1 aromatic carbocycles. The van der Waals surface area contributed by atoms with Gasteiger partial charge in [0.1, 0.15) is 27.5 Å². The summed E-state index contributed by atoms with van der Waals surface area (Å²) in [6.45, 7) is 0.755. The SMILES string of the molecule is Nc1nc(Cl)cc(N2CCN(S(=O)(=O)c3cc(F)ccc3F)CC2)n1. The van der Waals surface area contributed by atoms with Crippen molar-refractivity contribution in [3.8, 4) is 0 Å². The maximum absolute atomic E-state index is 13.8. The number of nitrogens with zero attached hydrogens (tertiary/aromatic N) is 4. The number of sulfonamides is 1. The van der Waals surface area contributed by atoms with Gasteiger partial charge in [-0.15, -0.1) is 0 Å². The van der Waals surface area contributed by atoms with Crippen LogP contribution in [0.25, 0.3) is 0 Å². The maximum Gasteiger partial charge on any atom is 0.246 e. The number of rotatable bonds is 3. The first-order valence-electron chi connectivity index (χ1n) is 7.27. The fraction of sp³-hybridized carbons (Fsp3) is 0.286. The normalized spacial score (nSPS) is 16.2. The highest BCUT2D eigenvalue weighted by molar-refractivity contribution is 7.89. The Bertz CT molecular complexity index is 884. The lowest BCUT2D eigenvalue weighted by Gasteiger charge is -2.34. The summed E-state index contributed by atoms with van der Waals surface area (Å²) in [4.78, 5) is 8.94. The molecule has 134 valence electrons. The van der Waals surface area contributed by atoms with Crippen molar-refractivity contribution in [2.75, 3.05) is 36.8 Å². The van der Waals surface area contributed by atoms with E-state index in [2.05, 4.69) is 9.97 Å². The van der Waals surface area contributed by atoms with Gasteiger partial charge in [0.15, 0.2) is 0 Å². The van der Waals surface area contributed by atoms with Crippen molar-refractivity contribution in [2.24, 2.45) is 0 Å². The molecule has 1 aliphatic rings. The van der Waals surface area contributed by atoms with Crippen molar-refractivity contribution >= 4 is 33.4 Å². The van der Waals surface area contributed by atoms with Crippen LogP contribution in [0.1, 0.15) is 0 Å². The minimum Gasteiger partial charge on any atom is -0.368 e. The Balaban J connectivity index is 1.78. The van der Waals surface area contributed by atoms with E-state index in [-0.39, 0.29) is 24.2 Å². The molecule has 1 aromatic heterocycles. The van der Waals surface area contributed by atoms with E-state index in [0.29, 0.717) is 25.0 Å². The summed E-state index contributed by atoms with van der Waals surface area (Å²) < 4.78 is 53.3. The van der Waals surface area contributed by atoms with Crippen molar-refractivity contribution in [3.05, 3.63) is 41.1 Å². The number of halogens is 3. The second kappa shape index (κ2) is 6.70. The Kier molecular flexibility index (Phi) is 4.76. The molecule has 1 aliphatic heterocycles. The summed E-state index contributed by atoms with van der Waals surface area (Å²) >= 11 is 5.84. The van der Waals surface area contributed by atoms with Crippen molar-refractivity contribution < 1.29 is 17.2 Å². The highest BCUT2D eigenvalue weighted by atomic mass is 35.5. The smallest absolute Gasteiger partial charge is 0.246 e. The molecule has 0 unspecified atom stereocenters. The summed E-state index contributed by atoms with van der Waals surface area (Å²) in [5.41, 5.74) is 5.55. The predicted molar refractivity (Wildman–Crippen MR) is 88.8 cm³/mol. The number of anilines is 2. The summed E-state index contributed by atoms with van der Waals surface area (Å²) in [6, 6.07) is 3.87. The molecule has 1 fully saturated rings. The van der Waals surface area contributed by atoms with Gasteiger partial charge >= 0.3 is 0 Å². The molecular weight excluding hydrogens is 376 g/mol. The van der Waals surface area contributed by atoms with E-state index in [1.807, 2.05) is 0 Å². The zero-order valence-electron chi connectivity index (χ0n) is 12.9. The minimum atomic E-state index is -4.13. The lowest BCUT2D eigenvalue weighted by atomic mass is 10.3. The number of nitrogens with two attached hydrogens (primary N) is 1. The van der Waals surface area contributed by atoms with Gasteiger partial charge in [0, 0.05) is 32.2 Å². The van der Waals surface area contributed by atoms with Gasteiger partial charge in [-0.05, 0) is 18.2 Å². The molecule has 0 saturated carbocycles. The molecule has 11 heteroatoms. The van der Waals surface area contributed by atoms with Gasteiger partial charge in [-0.2, -0.15) is 9.29 Å². The van der Waals surface area contributed by atoms with Crippen LogP contribution in [0.15, 0.2) is 29.2 Å². The monoisotopic (exact) mass is 389 g/mol. The topological polar surface area (TPSA) is 92.4 Å². The van der Waals surface area contributed by atoms with E-state index >= 15 is 0 Å². The van der Waals surface area contributed by atoms with Gasteiger partial charge < -0.3 is 10.6 Å². The van der Waals surface area contributed by atoms with Crippen LogP contribution in [0.5, 0.6) is 0 Å². The molecular formula is C14H14ClF2N5O2S. The summed E-state index contributed by atoms with van der Waals surface area (Å²) in [6.07, 6.45) is 0. The Morgan fingerprint density at radius 3 is 2.40 bits per heavy atom. The third kappa shape index (κ3) is 3.65. The fourth-order valence-corrected chi connectivity index (χ4v) is 4.24. The molecule has 0 radical (unpaired) electrons. The van der Waals surface area contributed by atoms with Crippen LogP contribution >= 0.6 is 11.6 Å². The van der Waals surface area contributed by atoms with Crippen molar-refractivity contribution in [3.63, 3.8) is 0 Å². The Morgan fingerprint density at radius 2 is 1.76 bits per heavy atom. The Morgan fingerprint density at radius 1 is 1.08 bits per heavy atom. The van der Waals surface area contributed by atoms with E-state index in [1.165, 1.54) is 6.07 Å². The third-order valence-electron chi connectivity index (χ3n) is 3.77. The molecule has 0 amide bonds. The number of hydrogen-bond acceptors (Lipinski definition) is 6. The molecule has 25 heavy (non-hydrogen) atoms. The highest BCUT2D eigenvalue weighted by Gasteiger charge is 2.31. The van der Waals surface area contributed by atoms with Crippen LogP contribution in [-0.4, -0.2) is 48.9 Å². The van der Waals surface area contributed by atoms with Crippen molar-refractivity contribution in [2.45, 2.75) is 4.90 Å². The molecule has 2 heterocycles. The van der Waals surface area contributed by atoms with E-state index in [9.17, 15) is 17.2 Å². The molecule has 2 aromatic rings. The fourth-order valence-electron chi connectivity index (χ4n) is 2.56. The van der Waals surface area contributed by atoms with Crippen LogP contribution in [0, 0.1) is 11.6 Å². The zero-order valence-corrected chi connectivity index (χ0v) is 14.4. The molecule has 0 spiro atoms. The van der Waals surface area contributed by atoms with Gasteiger partial charge in [0.25, 0.3) is 0 Å². The second-order valence-electron chi connectivity index (χ2n) is 5.37. The molecule has 1 saturated heterocycles. The zero-order chi connectivity index (χ0) is 18.2. The summed E-state index contributed by atoms with van der Waals surface area (Å²) in [7, 11) is -4.13. The minimum absolute atomic E-state index is 0.0133. The van der Waals surface area contributed by atoms with E-state index in [0.717, 1.165) is 16.4 Å². The average Bonchev–Trinajstić information content (AvgIpc) is 2.56. The van der Waals surface area contributed by atoms with Crippen molar-refractivity contribution in [1.82, 2.24) is 14.3 Å². The van der Waals surface area contributed by atoms with Gasteiger partial charge in [-0.3, -0.25) is 0 Å². The van der Waals surface area contributed by atoms with Crippen LogP contribution < -0.4 is 10.6 Å². The Hall–Kier alpha value is -2.04. The van der Waals surface area contributed by atoms with Crippen LogP contribution in [0.3, 0.4) is 0 Å². The van der Waals surface area contributed by atoms with E-state index < -0.39 is 26.6 Å². The molecule has 3 rings (SSSR count). The second-order valence-corrected chi connectivity index (χ2v) is 7.67. The number of aromatic nitrogens is 2. The molecule has 0 atom stereocenters. The first-order chi connectivity index (χ1) is 11.8. The van der Waals surface area contributed by atoms with Gasteiger partial charge in [0.2, 0.25) is 16.0 Å². The predicted octanol–water partition coefficient (Wildman–Crippen LogP) is 1.50. The van der Waals surface area contributed by atoms with Crippen LogP contribution in [0.4, 0.5) is 20.5 Å². The first-order valence-corrected chi connectivity index (χ1v) is 9.09. The number of benzene rings is 1. The molecule has 0 aliphatic carbocycles. The van der Waals surface area contributed by atoms with E-state index in [4.69, 9.17) is 17.3 Å². The maximum atomic E-state index is 13.8. The quantitative estimate of drug-likeness (QED) is 0.800. The van der Waals surface area contributed by atoms with Crippen LogP contribution in [0.2, 0.25) is 5.15 Å². The highest BCUT2D eigenvalue weighted by Crippen LogP contribution is 2.24. The molecule has 2 N–H and O–H groups in total. The molecule has 7 nitrogen and oxygen atoms in total. The van der Waals surface area contributed by atoms with E-state index in [1.54, 1.807) is 4.90 Å². The van der Waals surface area contributed by atoms with Gasteiger partial charge in [-0.1, -0.05) is 11.6 Å². The lowest BCUT2D eigenvalue weighted by molar-refractivity contribution is 0.381. The summed E-state index contributed by atoms with van der Waals surface area (Å²) in [5.74, 6) is -1.31. The number of nitrogen functional groups attached to an aromatic ring is 1. The standard InChI is InChI=1S/C14H14ClF2N5O2S/c15-12-8-13(20-14(18)19-12)21-3-5-22(6-4-21)25(23,24)11-7-9(16)1-2-10(11)17/h1-2,7-8H,3-6H2,(H2,18,19,20). The van der Waals surface area contributed by atoms with Gasteiger partial charge in [-0.25, -0.2) is 22.2 Å². The van der Waals surface area contributed by atoms with Crippen molar-refractivity contribution in [1.29, 1.82) is 0 Å². The number of hydrogen-bond donors (Lipinski definition) is 1. The Labute approximate surface area is 148 Å². The summed E-state index contributed by atoms with van der Waals surface area (Å²) in [5, 5.41) is 0.180. The average molecular weight is 390 g/mol. The van der Waals surface area contributed by atoms with Gasteiger partial charge in [0.05, 0.1) is 0 Å².